The zero-order valence-electron chi connectivity index (χ0n) is 9.63. The van der Waals surface area contributed by atoms with Gasteiger partial charge in [-0.2, -0.15) is 0 Å². The van der Waals surface area contributed by atoms with E-state index in [9.17, 15) is 17.6 Å². The Morgan fingerprint density at radius 2 is 2.00 bits per heavy atom. The Kier molecular flexibility index (Phi) is 4.77. The van der Waals surface area contributed by atoms with Crippen molar-refractivity contribution in [1.29, 1.82) is 0 Å². The number of hydrogen-bond acceptors (Lipinski definition) is 3. The van der Waals surface area contributed by atoms with E-state index in [0.29, 0.717) is 5.56 Å². The van der Waals surface area contributed by atoms with E-state index in [1.54, 1.807) is 0 Å². The van der Waals surface area contributed by atoms with Crippen molar-refractivity contribution >= 4 is 0 Å². The molecular weight excluding hydrogens is 254 g/mol. The van der Waals surface area contributed by atoms with Gasteiger partial charge >= 0.3 is 6.36 Å². The number of halogens is 4. The Hall–Kier alpha value is -1.50. The summed E-state index contributed by atoms with van der Waals surface area (Å²) in [6.45, 7) is -0.620. The highest BCUT2D eigenvalue weighted by atomic mass is 19.4. The second-order valence-corrected chi connectivity index (χ2v) is 3.54. The number of ether oxygens (including phenoxy) is 2. The highest BCUT2D eigenvalue weighted by Crippen LogP contribution is 2.32. The molecule has 0 bridgehead atoms. The molecule has 0 unspecified atom stereocenters. The van der Waals surface area contributed by atoms with Crippen molar-refractivity contribution in [2.24, 2.45) is 5.73 Å². The molecule has 3 nitrogen and oxygen atoms in total. The zero-order chi connectivity index (χ0) is 13.8. The molecule has 2 N–H and O–H groups in total. The summed E-state index contributed by atoms with van der Waals surface area (Å²) in [5.74, 6) is -0.270. The Bertz CT molecular complexity index is 395. The first-order valence-corrected chi connectivity index (χ1v) is 5.12. The third kappa shape index (κ3) is 4.06. The van der Waals surface area contributed by atoms with Crippen LogP contribution in [0.1, 0.15) is 18.0 Å². The highest BCUT2D eigenvalue weighted by Gasteiger charge is 2.31. The van der Waals surface area contributed by atoms with Gasteiger partial charge in [-0.3, -0.25) is 4.39 Å². The van der Waals surface area contributed by atoms with Crippen molar-refractivity contribution in [1.82, 2.24) is 0 Å². The Morgan fingerprint density at radius 1 is 1.33 bits per heavy atom. The predicted octanol–water partition coefficient (Wildman–Crippen LogP) is 2.95. The minimum absolute atomic E-state index is 0.0653. The molecule has 0 fully saturated rings. The van der Waals surface area contributed by atoms with E-state index in [2.05, 4.69) is 4.74 Å². The average molecular weight is 267 g/mol. The van der Waals surface area contributed by atoms with Crippen molar-refractivity contribution < 1.29 is 27.0 Å². The number of methoxy groups -OCH3 is 1. The second-order valence-electron chi connectivity index (χ2n) is 3.54. The third-order valence-corrected chi connectivity index (χ3v) is 2.26. The smallest absolute Gasteiger partial charge is 0.496 e. The van der Waals surface area contributed by atoms with Gasteiger partial charge in [-0.25, -0.2) is 0 Å². The molecule has 1 rings (SSSR count). The van der Waals surface area contributed by atoms with Crippen LogP contribution in [0.4, 0.5) is 17.6 Å². The lowest BCUT2D eigenvalue weighted by Gasteiger charge is -2.16. The van der Waals surface area contributed by atoms with Crippen LogP contribution in [0.15, 0.2) is 18.2 Å². The molecule has 0 amide bonds. The number of hydrogen-bond donors (Lipinski definition) is 1. The number of rotatable bonds is 5. The largest absolute Gasteiger partial charge is 0.573 e. The standard InChI is InChI=1S/C11H13F4NO2/c1-17-10-6-7(18-11(13,14)15)2-3-8(10)9(16)4-5-12/h2-3,6,9H,4-5,16H2,1H3/t9-/m1/s1. The van der Waals surface area contributed by atoms with Crippen LogP contribution in [-0.4, -0.2) is 20.1 Å². The summed E-state index contributed by atoms with van der Waals surface area (Å²) in [4.78, 5) is 0. The number of nitrogens with two attached hydrogens (primary N) is 1. The fourth-order valence-electron chi connectivity index (χ4n) is 1.47. The van der Waals surface area contributed by atoms with Crippen molar-refractivity contribution in [3.05, 3.63) is 23.8 Å². The van der Waals surface area contributed by atoms with E-state index in [1.165, 1.54) is 13.2 Å². The monoisotopic (exact) mass is 267 g/mol. The Labute approximate surface area is 101 Å². The number of alkyl halides is 4. The molecule has 102 valence electrons. The first-order valence-electron chi connectivity index (χ1n) is 5.12. The van der Waals surface area contributed by atoms with Gasteiger partial charge in [-0.1, -0.05) is 6.07 Å². The van der Waals surface area contributed by atoms with Crippen LogP contribution in [0.25, 0.3) is 0 Å². The topological polar surface area (TPSA) is 44.5 Å². The van der Waals surface area contributed by atoms with Gasteiger partial charge in [-0.15, -0.1) is 13.2 Å². The van der Waals surface area contributed by atoms with Crippen LogP contribution < -0.4 is 15.2 Å². The average Bonchev–Trinajstić information content (AvgIpc) is 2.27. The van der Waals surface area contributed by atoms with Crippen LogP contribution in [0.2, 0.25) is 0 Å². The third-order valence-electron chi connectivity index (χ3n) is 2.26. The van der Waals surface area contributed by atoms with Crippen molar-refractivity contribution in [2.45, 2.75) is 18.8 Å². The number of benzene rings is 1. The first kappa shape index (κ1) is 14.6. The van der Waals surface area contributed by atoms with Crippen molar-refractivity contribution in [2.75, 3.05) is 13.8 Å². The lowest BCUT2D eigenvalue weighted by molar-refractivity contribution is -0.274. The molecule has 0 aliphatic heterocycles. The lowest BCUT2D eigenvalue weighted by atomic mass is 10.0. The fraction of sp³-hybridized carbons (Fsp3) is 0.455. The molecule has 1 aromatic carbocycles. The molecule has 0 aliphatic carbocycles. The van der Waals surface area contributed by atoms with Crippen molar-refractivity contribution in [3.63, 3.8) is 0 Å². The molecule has 1 aromatic rings. The summed E-state index contributed by atoms with van der Waals surface area (Å²) >= 11 is 0. The molecule has 7 heteroatoms. The summed E-state index contributed by atoms with van der Waals surface area (Å²) in [6, 6.07) is 2.88. The van der Waals surface area contributed by atoms with Gasteiger partial charge in [0, 0.05) is 17.7 Å². The molecule has 0 saturated heterocycles. The fourth-order valence-corrected chi connectivity index (χ4v) is 1.47. The molecule has 0 aromatic heterocycles. The minimum atomic E-state index is -4.77. The summed E-state index contributed by atoms with van der Waals surface area (Å²) in [5, 5.41) is 0. The molecule has 0 heterocycles. The maximum absolute atomic E-state index is 12.2. The molecule has 0 saturated carbocycles. The van der Waals surface area contributed by atoms with Crippen LogP contribution in [0, 0.1) is 0 Å². The van der Waals surface area contributed by atoms with Gasteiger partial charge in [0.15, 0.2) is 0 Å². The molecule has 18 heavy (non-hydrogen) atoms. The summed E-state index contributed by atoms with van der Waals surface area (Å²) in [6.07, 6.45) is -4.70. The molecule has 0 spiro atoms. The van der Waals surface area contributed by atoms with Gasteiger partial charge < -0.3 is 15.2 Å². The van der Waals surface area contributed by atoms with Gasteiger partial charge in [0.1, 0.15) is 11.5 Å². The summed E-state index contributed by atoms with van der Waals surface area (Å²) in [7, 11) is 1.29. The van der Waals surface area contributed by atoms with Crippen LogP contribution in [-0.2, 0) is 0 Å². The van der Waals surface area contributed by atoms with Crippen LogP contribution in [0.3, 0.4) is 0 Å². The maximum atomic E-state index is 12.2. The predicted molar refractivity (Wildman–Crippen MR) is 57.2 cm³/mol. The zero-order valence-corrected chi connectivity index (χ0v) is 9.63. The van der Waals surface area contributed by atoms with E-state index in [4.69, 9.17) is 10.5 Å². The Morgan fingerprint density at radius 3 is 2.50 bits per heavy atom. The van der Waals surface area contributed by atoms with E-state index < -0.39 is 24.8 Å². The van der Waals surface area contributed by atoms with Gasteiger partial charge in [0.2, 0.25) is 0 Å². The second kappa shape index (κ2) is 5.90. The quantitative estimate of drug-likeness (QED) is 0.834. The van der Waals surface area contributed by atoms with Crippen LogP contribution >= 0.6 is 0 Å². The molecule has 0 radical (unpaired) electrons. The van der Waals surface area contributed by atoms with E-state index in [-0.39, 0.29) is 12.2 Å². The lowest BCUT2D eigenvalue weighted by Crippen LogP contribution is -2.17. The first-order chi connectivity index (χ1) is 8.37. The van der Waals surface area contributed by atoms with E-state index in [1.807, 2.05) is 0 Å². The van der Waals surface area contributed by atoms with E-state index in [0.717, 1.165) is 12.1 Å². The van der Waals surface area contributed by atoms with Crippen LogP contribution in [0.5, 0.6) is 11.5 Å². The van der Waals surface area contributed by atoms with Gasteiger partial charge in [0.05, 0.1) is 13.8 Å². The van der Waals surface area contributed by atoms with Gasteiger partial charge in [-0.05, 0) is 12.5 Å². The Balaban J connectivity index is 2.96. The molecule has 1 atom stereocenters. The summed E-state index contributed by atoms with van der Waals surface area (Å²) in [5.41, 5.74) is 6.11. The van der Waals surface area contributed by atoms with Crippen molar-refractivity contribution in [3.8, 4) is 11.5 Å². The summed E-state index contributed by atoms with van der Waals surface area (Å²) < 4.78 is 56.9. The van der Waals surface area contributed by atoms with E-state index >= 15 is 0 Å². The van der Waals surface area contributed by atoms with Gasteiger partial charge in [0.25, 0.3) is 0 Å². The maximum Gasteiger partial charge on any atom is 0.573 e. The SMILES string of the molecule is COc1cc(OC(F)(F)F)ccc1[C@H](N)CCF. The highest BCUT2D eigenvalue weighted by molar-refractivity contribution is 5.42. The minimum Gasteiger partial charge on any atom is -0.496 e. The normalized spacial score (nSPS) is 13.2. The molecular formula is C11H13F4NO2. The molecule has 0 aliphatic rings.